The highest BCUT2D eigenvalue weighted by Gasteiger charge is 2.23. The number of benzene rings is 1. The van der Waals surface area contributed by atoms with Gasteiger partial charge in [-0.3, -0.25) is 4.90 Å². The van der Waals surface area contributed by atoms with Crippen LogP contribution in [-0.4, -0.2) is 39.5 Å². The second-order valence-corrected chi connectivity index (χ2v) is 7.37. The molecule has 134 valence electrons. The van der Waals surface area contributed by atoms with Crippen molar-refractivity contribution in [3.63, 3.8) is 0 Å². The molecule has 1 saturated heterocycles. The fourth-order valence-corrected chi connectivity index (χ4v) is 4.19. The summed E-state index contributed by atoms with van der Waals surface area (Å²) in [6.45, 7) is 4.07. The molecule has 0 bridgehead atoms. The van der Waals surface area contributed by atoms with E-state index in [1.165, 1.54) is 31.5 Å². The Bertz CT molecular complexity index is 799. The summed E-state index contributed by atoms with van der Waals surface area (Å²) in [5.74, 6) is 0.697. The van der Waals surface area contributed by atoms with Gasteiger partial charge in [-0.15, -0.1) is 11.3 Å². The van der Waals surface area contributed by atoms with Gasteiger partial charge in [0.15, 0.2) is 10.8 Å². The van der Waals surface area contributed by atoms with Gasteiger partial charge in [0.1, 0.15) is 0 Å². The lowest BCUT2D eigenvalue weighted by molar-refractivity contribution is 0.238. The van der Waals surface area contributed by atoms with Crippen molar-refractivity contribution in [3.05, 3.63) is 65.4 Å². The fourth-order valence-electron chi connectivity index (χ4n) is 3.42. The number of thiazole rings is 1. The predicted octanol–water partition coefficient (Wildman–Crippen LogP) is 3.53. The summed E-state index contributed by atoms with van der Waals surface area (Å²) in [7, 11) is 0. The van der Waals surface area contributed by atoms with Crippen LogP contribution in [0.1, 0.15) is 30.1 Å². The van der Waals surface area contributed by atoms with E-state index in [0.29, 0.717) is 11.9 Å². The molecule has 1 N–H and O–H groups in total. The Morgan fingerprint density at radius 1 is 1.04 bits per heavy atom. The van der Waals surface area contributed by atoms with E-state index in [1.807, 2.05) is 6.07 Å². The smallest absolute Gasteiger partial charge is 0.188 e. The third-order valence-corrected chi connectivity index (χ3v) is 5.61. The van der Waals surface area contributed by atoms with E-state index < -0.39 is 0 Å². The highest BCUT2D eigenvalue weighted by molar-refractivity contribution is 7.13. The van der Waals surface area contributed by atoms with Gasteiger partial charge in [-0.1, -0.05) is 30.3 Å². The summed E-state index contributed by atoms with van der Waals surface area (Å²) in [4.78, 5) is 15.8. The minimum Gasteiger partial charge on any atom is -0.309 e. The minimum absolute atomic E-state index is 0.425. The van der Waals surface area contributed by atoms with Gasteiger partial charge >= 0.3 is 0 Å². The highest BCUT2D eigenvalue weighted by Crippen LogP contribution is 2.25. The Morgan fingerprint density at radius 3 is 2.58 bits per heavy atom. The van der Waals surface area contributed by atoms with Crippen molar-refractivity contribution in [2.75, 3.05) is 19.6 Å². The van der Waals surface area contributed by atoms with E-state index in [0.717, 1.165) is 23.8 Å². The maximum absolute atomic E-state index is 4.67. The summed E-state index contributed by atoms with van der Waals surface area (Å²) in [5.41, 5.74) is 2.43. The number of hydrogen-bond acceptors (Lipinski definition) is 6. The molecule has 6 heteroatoms. The third kappa shape index (κ3) is 4.15. The first-order valence-electron chi connectivity index (χ1n) is 9.11. The van der Waals surface area contributed by atoms with Crippen LogP contribution in [0.4, 0.5) is 0 Å². The normalized spacial score (nSPS) is 16.0. The number of rotatable bonds is 7. The molecule has 3 heterocycles. The van der Waals surface area contributed by atoms with Crippen LogP contribution in [0.2, 0.25) is 0 Å². The molecule has 26 heavy (non-hydrogen) atoms. The predicted molar refractivity (Wildman–Crippen MR) is 105 cm³/mol. The molecule has 1 aromatic carbocycles. The van der Waals surface area contributed by atoms with Crippen LogP contribution in [0.25, 0.3) is 10.8 Å². The summed E-state index contributed by atoms with van der Waals surface area (Å²) in [5, 5.41) is 6.57. The van der Waals surface area contributed by atoms with E-state index in [-0.39, 0.29) is 0 Å². The molecule has 2 aromatic heterocycles. The molecule has 1 aliphatic rings. The molecular formula is C20H23N5S. The molecule has 0 radical (unpaired) electrons. The number of aromatic nitrogens is 3. The van der Waals surface area contributed by atoms with Crippen molar-refractivity contribution >= 4 is 11.3 Å². The molecule has 0 aliphatic carbocycles. The molecule has 3 aromatic rings. The topological polar surface area (TPSA) is 53.9 Å². The first-order valence-corrected chi connectivity index (χ1v) is 9.99. The van der Waals surface area contributed by atoms with Gasteiger partial charge < -0.3 is 5.32 Å². The van der Waals surface area contributed by atoms with Crippen molar-refractivity contribution < 1.29 is 0 Å². The van der Waals surface area contributed by atoms with Gasteiger partial charge in [-0.05, 0) is 37.6 Å². The average Bonchev–Trinajstić information content (AvgIpc) is 3.39. The molecule has 0 spiro atoms. The van der Waals surface area contributed by atoms with E-state index in [2.05, 4.69) is 60.9 Å². The molecule has 1 aliphatic heterocycles. The van der Waals surface area contributed by atoms with Crippen molar-refractivity contribution in [2.45, 2.75) is 25.4 Å². The average molecular weight is 366 g/mol. The summed E-state index contributed by atoms with van der Waals surface area (Å²) < 4.78 is 0. The van der Waals surface area contributed by atoms with Crippen LogP contribution in [0.5, 0.6) is 0 Å². The van der Waals surface area contributed by atoms with Crippen molar-refractivity contribution in [1.82, 2.24) is 25.2 Å². The van der Waals surface area contributed by atoms with Gasteiger partial charge in [-0.2, -0.15) is 0 Å². The SMILES string of the molecule is c1ccc([C@H](CNCc2csc(-c3ncccn3)n2)N2CCCC2)cc1. The van der Waals surface area contributed by atoms with Gasteiger partial charge in [0, 0.05) is 36.9 Å². The lowest BCUT2D eigenvalue weighted by Crippen LogP contribution is -2.34. The van der Waals surface area contributed by atoms with E-state index >= 15 is 0 Å². The number of likely N-dealkylation sites (tertiary alicyclic amines) is 1. The van der Waals surface area contributed by atoms with Crippen molar-refractivity contribution in [2.24, 2.45) is 0 Å². The lowest BCUT2D eigenvalue weighted by Gasteiger charge is -2.28. The summed E-state index contributed by atoms with van der Waals surface area (Å²) in [6.07, 6.45) is 6.11. The quantitative estimate of drug-likeness (QED) is 0.694. The number of hydrogen-bond donors (Lipinski definition) is 1. The van der Waals surface area contributed by atoms with Crippen LogP contribution < -0.4 is 5.32 Å². The van der Waals surface area contributed by atoms with E-state index in [1.54, 1.807) is 23.7 Å². The minimum atomic E-state index is 0.425. The van der Waals surface area contributed by atoms with Gasteiger partial charge in [0.25, 0.3) is 0 Å². The van der Waals surface area contributed by atoms with Gasteiger partial charge in [0.05, 0.1) is 5.69 Å². The summed E-state index contributed by atoms with van der Waals surface area (Å²) in [6, 6.07) is 13.1. The van der Waals surface area contributed by atoms with Gasteiger partial charge in [0.2, 0.25) is 0 Å². The maximum Gasteiger partial charge on any atom is 0.188 e. The molecule has 1 fully saturated rings. The van der Waals surface area contributed by atoms with Crippen LogP contribution in [-0.2, 0) is 6.54 Å². The van der Waals surface area contributed by atoms with Crippen LogP contribution in [0, 0.1) is 0 Å². The first-order chi connectivity index (χ1) is 12.9. The van der Waals surface area contributed by atoms with Crippen LogP contribution in [0.15, 0.2) is 54.2 Å². The van der Waals surface area contributed by atoms with Crippen molar-refractivity contribution in [1.29, 1.82) is 0 Å². The van der Waals surface area contributed by atoms with Crippen molar-refractivity contribution in [3.8, 4) is 10.8 Å². The zero-order valence-corrected chi connectivity index (χ0v) is 15.5. The first kappa shape index (κ1) is 17.3. The Hall–Kier alpha value is -2.15. The molecule has 0 amide bonds. The Balaban J connectivity index is 1.38. The Morgan fingerprint density at radius 2 is 1.81 bits per heavy atom. The largest absolute Gasteiger partial charge is 0.309 e. The molecule has 4 rings (SSSR count). The summed E-state index contributed by atoms with van der Waals surface area (Å²) >= 11 is 1.60. The van der Waals surface area contributed by atoms with E-state index in [4.69, 9.17) is 0 Å². The monoisotopic (exact) mass is 365 g/mol. The molecule has 0 saturated carbocycles. The second kappa shape index (κ2) is 8.49. The lowest BCUT2D eigenvalue weighted by atomic mass is 10.1. The molecule has 1 atom stereocenters. The molecular weight excluding hydrogens is 342 g/mol. The third-order valence-electron chi connectivity index (χ3n) is 4.72. The number of nitrogens with zero attached hydrogens (tertiary/aromatic N) is 4. The zero-order valence-electron chi connectivity index (χ0n) is 14.7. The fraction of sp³-hybridized carbons (Fsp3) is 0.350. The highest BCUT2D eigenvalue weighted by atomic mass is 32.1. The van der Waals surface area contributed by atoms with Gasteiger partial charge in [-0.25, -0.2) is 15.0 Å². The van der Waals surface area contributed by atoms with Crippen LogP contribution >= 0.6 is 11.3 Å². The second-order valence-electron chi connectivity index (χ2n) is 6.52. The Kier molecular flexibility index (Phi) is 5.64. The maximum atomic E-state index is 4.67. The van der Waals surface area contributed by atoms with Crippen LogP contribution in [0.3, 0.4) is 0 Å². The van der Waals surface area contributed by atoms with E-state index in [9.17, 15) is 0 Å². The molecule has 5 nitrogen and oxygen atoms in total. The zero-order chi connectivity index (χ0) is 17.6. The molecule has 0 unspecified atom stereocenters. The standard InChI is InChI=1S/C20H23N5S/c1-2-7-16(8-3-1)18(25-11-4-5-12-25)14-21-13-17-15-26-20(24-17)19-22-9-6-10-23-19/h1-3,6-10,15,18,21H,4-5,11-14H2/t18-/m0/s1. The Labute approximate surface area is 158 Å². The number of nitrogens with one attached hydrogen (secondary N) is 1.